The van der Waals surface area contributed by atoms with Crippen LogP contribution in [0.4, 0.5) is 0 Å². The first-order valence-electron chi connectivity index (χ1n) is 17.1. The molecule has 0 radical (unpaired) electrons. The molecule has 1 aromatic heterocycles. The van der Waals surface area contributed by atoms with Gasteiger partial charge in [0.1, 0.15) is 18.1 Å². The first kappa shape index (κ1) is 36.0. The largest absolute Gasteiger partial charge is 0.493 e. The summed E-state index contributed by atoms with van der Waals surface area (Å²) in [6, 6.07) is 31.6. The Balaban J connectivity index is 0.931. The van der Waals surface area contributed by atoms with Gasteiger partial charge in [-0.05, 0) is 90.2 Å². The van der Waals surface area contributed by atoms with Gasteiger partial charge >= 0.3 is 0 Å². The minimum Gasteiger partial charge on any atom is -0.493 e. The topological polar surface area (TPSA) is 64.1 Å². The van der Waals surface area contributed by atoms with Crippen molar-refractivity contribution in [2.45, 2.75) is 33.4 Å². The van der Waals surface area contributed by atoms with Gasteiger partial charge in [0.05, 0.1) is 17.8 Å². The number of pyridine rings is 1. The Labute approximate surface area is 310 Å². The third-order valence-corrected chi connectivity index (χ3v) is 9.23. The van der Waals surface area contributed by atoms with Crippen LogP contribution < -0.4 is 14.2 Å². The minimum atomic E-state index is -0.0113. The summed E-state index contributed by atoms with van der Waals surface area (Å²) in [7, 11) is 0. The van der Waals surface area contributed by atoms with Crippen LogP contribution in [0.1, 0.15) is 33.4 Å². The number of carbonyl (C=O) groups excluding carboxylic acids is 1. The van der Waals surface area contributed by atoms with E-state index < -0.39 is 0 Å². The van der Waals surface area contributed by atoms with Crippen molar-refractivity contribution in [1.29, 1.82) is 0 Å². The Morgan fingerprint density at radius 3 is 2.16 bits per heavy atom. The molecule has 7 nitrogen and oxygen atoms in total. The van der Waals surface area contributed by atoms with Crippen molar-refractivity contribution in [3.8, 4) is 23.1 Å². The summed E-state index contributed by atoms with van der Waals surface area (Å²) in [5, 5.41) is 1.14. The number of aromatic nitrogens is 1. The van der Waals surface area contributed by atoms with Crippen LogP contribution in [0, 0.1) is 13.8 Å². The van der Waals surface area contributed by atoms with Gasteiger partial charge in [0, 0.05) is 56.3 Å². The first-order chi connectivity index (χ1) is 24.8. The lowest BCUT2D eigenvalue weighted by atomic mass is 10.1. The van der Waals surface area contributed by atoms with Gasteiger partial charge in [-0.3, -0.25) is 9.69 Å². The number of rotatable bonds is 13. The van der Waals surface area contributed by atoms with Crippen LogP contribution in [0.3, 0.4) is 0 Å². The monoisotopic (exact) mass is 721 g/mol. The Morgan fingerprint density at radius 2 is 1.47 bits per heavy atom. The third kappa shape index (κ3) is 10.6. The van der Waals surface area contributed by atoms with E-state index in [1.165, 1.54) is 16.7 Å². The quantitative estimate of drug-likeness (QED) is 0.113. The summed E-state index contributed by atoms with van der Waals surface area (Å²) < 4.78 is 17.7. The van der Waals surface area contributed by atoms with Crippen molar-refractivity contribution in [1.82, 2.24) is 14.8 Å². The van der Waals surface area contributed by atoms with Gasteiger partial charge < -0.3 is 19.1 Å². The van der Waals surface area contributed by atoms with Crippen LogP contribution in [0.2, 0.25) is 10.0 Å². The maximum absolute atomic E-state index is 13.0. The van der Waals surface area contributed by atoms with Crippen LogP contribution in [-0.2, 0) is 24.4 Å². The molecule has 9 heteroatoms. The van der Waals surface area contributed by atoms with E-state index in [0.717, 1.165) is 48.5 Å². The first-order valence-corrected chi connectivity index (χ1v) is 17.8. The molecule has 1 aliphatic rings. The minimum absolute atomic E-state index is 0.0113. The number of halogens is 2. The molecule has 0 bridgehead atoms. The highest BCUT2D eigenvalue weighted by atomic mass is 35.5. The average molecular weight is 723 g/mol. The van der Waals surface area contributed by atoms with E-state index in [1.54, 1.807) is 30.5 Å². The summed E-state index contributed by atoms with van der Waals surface area (Å²) >= 11 is 12.6. The number of hydrogen-bond acceptors (Lipinski definition) is 6. The summed E-state index contributed by atoms with van der Waals surface area (Å²) in [5.74, 6) is 2.39. The third-order valence-electron chi connectivity index (χ3n) is 8.70. The van der Waals surface area contributed by atoms with Gasteiger partial charge in [0.2, 0.25) is 11.8 Å². The number of hydrogen-bond donors (Lipinski definition) is 0. The van der Waals surface area contributed by atoms with Gasteiger partial charge in [-0.25, -0.2) is 4.98 Å². The molecule has 5 aromatic rings. The molecule has 0 aliphatic carbocycles. The molecule has 4 aromatic carbocycles. The van der Waals surface area contributed by atoms with Crippen LogP contribution in [0.25, 0.3) is 6.08 Å². The Hall–Kier alpha value is -4.82. The van der Waals surface area contributed by atoms with Crippen molar-refractivity contribution >= 4 is 35.2 Å². The molecule has 262 valence electrons. The molecule has 0 atom stereocenters. The van der Waals surface area contributed by atoms with Crippen LogP contribution in [0.5, 0.6) is 23.1 Å². The zero-order valence-corrected chi connectivity index (χ0v) is 30.4. The Bertz CT molecular complexity index is 1900. The lowest BCUT2D eigenvalue weighted by Crippen LogP contribution is -2.47. The highest BCUT2D eigenvalue weighted by Crippen LogP contribution is 2.34. The number of benzene rings is 4. The van der Waals surface area contributed by atoms with Gasteiger partial charge in [-0.15, -0.1) is 0 Å². The van der Waals surface area contributed by atoms with Crippen molar-refractivity contribution in [3.05, 3.63) is 153 Å². The highest BCUT2D eigenvalue weighted by molar-refractivity contribution is 6.32. The molecule has 1 amide bonds. The second-order valence-corrected chi connectivity index (χ2v) is 13.5. The normalized spacial score (nSPS) is 13.4. The number of amides is 1. The number of carbonyl (C=O) groups is 1. The molecule has 0 N–H and O–H groups in total. The number of ether oxygens (including phenoxy) is 3. The average Bonchev–Trinajstić information content (AvgIpc) is 3.14. The van der Waals surface area contributed by atoms with E-state index in [0.29, 0.717) is 53.7 Å². The highest BCUT2D eigenvalue weighted by Gasteiger charge is 2.20. The predicted octanol–water partition coefficient (Wildman–Crippen LogP) is 9.36. The van der Waals surface area contributed by atoms with Gasteiger partial charge in [0.25, 0.3) is 0 Å². The number of aryl methyl sites for hydroxylation is 2. The molecule has 6 rings (SSSR count). The fourth-order valence-electron chi connectivity index (χ4n) is 5.74. The molecular weight excluding hydrogens is 681 g/mol. The smallest absolute Gasteiger partial charge is 0.246 e. The van der Waals surface area contributed by atoms with E-state index >= 15 is 0 Å². The number of nitrogens with zero attached hydrogens (tertiary/aromatic N) is 3. The van der Waals surface area contributed by atoms with Gasteiger partial charge in [-0.1, -0.05) is 77.3 Å². The molecule has 51 heavy (non-hydrogen) atoms. The van der Waals surface area contributed by atoms with Crippen molar-refractivity contribution in [2.24, 2.45) is 0 Å². The summed E-state index contributed by atoms with van der Waals surface area (Å²) in [5.41, 5.74) is 6.45. The van der Waals surface area contributed by atoms with E-state index in [1.807, 2.05) is 60.4 Å². The van der Waals surface area contributed by atoms with Crippen LogP contribution in [-0.4, -0.2) is 53.5 Å². The predicted molar refractivity (Wildman–Crippen MR) is 204 cm³/mol. The molecule has 1 fully saturated rings. The van der Waals surface area contributed by atoms with Crippen molar-refractivity contribution in [3.63, 3.8) is 0 Å². The molecular formula is C42H41Cl2N3O4. The summed E-state index contributed by atoms with van der Waals surface area (Å²) in [6.45, 7) is 8.90. The lowest BCUT2D eigenvalue weighted by molar-refractivity contribution is -0.127. The van der Waals surface area contributed by atoms with Gasteiger partial charge in [-0.2, -0.15) is 0 Å². The zero-order valence-electron chi connectivity index (χ0n) is 28.9. The Kier molecular flexibility index (Phi) is 12.3. The molecule has 1 saturated heterocycles. The van der Waals surface area contributed by atoms with E-state index in [2.05, 4.69) is 53.2 Å². The standard InChI is InChI=1S/C42H41Cl2N3O4/c1-30-3-5-34(6-4-30)29-50-38-16-17-40(45-27-38)51-42-31(2)25-35(26-39(42)44)11-18-41(48)47-22-20-46(21-23-47)28-33-9-7-32(8-10-33)19-24-49-37-14-12-36(43)13-15-37/h3-18,25-27H,19-24,28-29H2,1-2H3. The SMILES string of the molecule is Cc1ccc(COc2ccc(Oc3c(C)cc(C=CC(=O)N4CCN(Cc5ccc(CCOc6ccc(Cl)cc6)cc5)CC4)cc3Cl)nc2)cc1. The number of piperazine rings is 1. The zero-order chi connectivity index (χ0) is 35.6. The fourth-order valence-corrected chi connectivity index (χ4v) is 6.18. The molecule has 0 saturated carbocycles. The maximum atomic E-state index is 13.0. The van der Waals surface area contributed by atoms with Crippen LogP contribution >= 0.6 is 23.2 Å². The lowest BCUT2D eigenvalue weighted by Gasteiger charge is -2.34. The maximum Gasteiger partial charge on any atom is 0.246 e. The van der Waals surface area contributed by atoms with Crippen molar-refractivity contribution < 1.29 is 19.0 Å². The second kappa shape index (κ2) is 17.4. The molecule has 2 heterocycles. The van der Waals surface area contributed by atoms with Gasteiger partial charge in [0.15, 0.2) is 5.75 Å². The summed E-state index contributed by atoms with van der Waals surface area (Å²) in [6.07, 6.45) is 5.89. The molecule has 0 spiro atoms. The Morgan fingerprint density at radius 1 is 0.784 bits per heavy atom. The second-order valence-electron chi connectivity index (χ2n) is 12.7. The van der Waals surface area contributed by atoms with E-state index in [-0.39, 0.29) is 5.91 Å². The van der Waals surface area contributed by atoms with E-state index in [9.17, 15) is 4.79 Å². The van der Waals surface area contributed by atoms with E-state index in [4.69, 9.17) is 37.4 Å². The summed E-state index contributed by atoms with van der Waals surface area (Å²) in [4.78, 5) is 21.7. The molecule has 0 unspecified atom stereocenters. The fraction of sp³-hybridized carbons (Fsp3) is 0.238. The molecule has 1 aliphatic heterocycles. The van der Waals surface area contributed by atoms with Crippen LogP contribution in [0.15, 0.2) is 109 Å². The van der Waals surface area contributed by atoms with Crippen molar-refractivity contribution in [2.75, 3.05) is 32.8 Å².